The quantitative estimate of drug-likeness (QED) is 0.373. The molecule has 144 valence electrons. The third-order valence-electron chi connectivity index (χ3n) is 4.56. The lowest BCUT2D eigenvalue weighted by atomic mass is 10.1. The highest BCUT2D eigenvalue weighted by molar-refractivity contribution is 7.99. The summed E-state index contributed by atoms with van der Waals surface area (Å²) in [5, 5.41) is 8.58. The number of H-pyrrole nitrogens is 1. The van der Waals surface area contributed by atoms with Gasteiger partial charge in [-0.15, -0.1) is 0 Å². The second-order valence-electron chi connectivity index (χ2n) is 6.68. The molecule has 4 rings (SSSR count). The molecule has 0 aliphatic heterocycles. The zero-order chi connectivity index (χ0) is 20.1. The molecule has 2 heterocycles. The van der Waals surface area contributed by atoms with Crippen LogP contribution in [0.5, 0.6) is 0 Å². The molecule has 4 nitrogen and oxygen atoms in total. The van der Waals surface area contributed by atoms with Gasteiger partial charge in [0.1, 0.15) is 0 Å². The second kappa shape index (κ2) is 8.88. The summed E-state index contributed by atoms with van der Waals surface area (Å²) in [5.74, 6) is 0.195. The van der Waals surface area contributed by atoms with E-state index in [1.54, 1.807) is 18.0 Å². The van der Waals surface area contributed by atoms with Crippen LogP contribution < -0.4 is 0 Å². The van der Waals surface area contributed by atoms with Crippen molar-refractivity contribution in [1.29, 1.82) is 0 Å². The van der Waals surface area contributed by atoms with Gasteiger partial charge in [-0.1, -0.05) is 43.0 Å². The molecule has 0 atom stereocenters. The van der Waals surface area contributed by atoms with Crippen LogP contribution in [-0.2, 0) is 0 Å². The standard InChI is InChI=1S/C24H21N3OS/c1-2-7-23(28)20-9-3-4-10-24(20)29-18-12-13-19-21(26-27-22(19)16-18)14-11-17-8-5-6-15-25-17/h3-6,8-16H,2,7H2,1H3,(H,26,27)/b14-11+. The summed E-state index contributed by atoms with van der Waals surface area (Å²) in [6.45, 7) is 2.03. The minimum atomic E-state index is 0.195. The van der Waals surface area contributed by atoms with Crippen molar-refractivity contribution in [2.24, 2.45) is 0 Å². The van der Waals surface area contributed by atoms with Gasteiger partial charge in [-0.3, -0.25) is 14.9 Å². The van der Waals surface area contributed by atoms with E-state index < -0.39 is 0 Å². The van der Waals surface area contributed by atoms with Crippen molar-refractivity contribution in [3.05, 3.63) is 83.8 Å². The second-order valence-corrected chi connectivity index (χ2v) is 7.79. The number of ketones is 1. The maximum atomic E-state index is 12.4. The Morgan fingerprint density at radius 3 is 2.76 bits per heavy atom. The number of rotatable bonds is 7. The van der Waals surface area contributed by atoms with E-state index in [2.05, 4.69) is 33.4 Å². The average Bonchev–Trinajstić information content (AvgIpc) is 3.16. The summed E-state index contributed by atoms with van der Waals surface area (Å²) in [6.07, 6.45) is 7.12. The predicted molar refractivity (Wildman–Crippen MR) is 119 cm³/mol. The van der Waals surface area contributed by atoms with Crippen molar-refractivity contribution in [2.45, 2.75) is 29.6 Å². The number of aromatic nitrogens is 3. The van der Waals surface area contributed by atoms with E-state index in [9.17, 15) is 4.79 Å². The van der Waals surface area contributed by atoms with Gasteiger partial charge in [0.2, 0.25) is 0 Å². The molecule has 2 aromatic carbocycles. The molecule has 2 aromatic heterocycles. The number of fused-ring (bicyclic) bond motifs is 1. The van der Waals surface area contributed by atoms with Gasteiger partial charge in [0, 0.05) is 33.4 Å². The number of hydrogen-bond donors (Lipinski definition) is 1. The lowest BCUT2D eigenvalue weighted by Gasteiger charge is -2.08. The molecule has 0 radical (unpaired) electrons. The number of nitrogens with one attached hydrogen (secondary N) is 1. The molecule has 0 unspecified atom stereocenters. The van der Waals surface area contributed by atoms with Gasteiger partial charge in [-0.25, -0.2) is 0 Å². The maximum Gasteiger partial charge on any atom is 0.164 e. The highest BCUT2D eigenvalue weighted by Crippen LogP contribution is 2.33. The van der Waals surface area contributed by atoms with Gasteiger partial charge in [0.05, 0.1) is 16.9 Å². The molecule has 0 amide bonds. The molecule has 0 fully saturated rings. The molecule has 1 N–H and O–H groups in total. The van der Waals surface area contributed by atoms with Crippen LogP contribution in [0.3, 0.4) is 0 Å². The SMILES string of the molecule is CCCC(=O)c1ccccc1Sc1ccc2c(/C=C/c3ccccn3)n[nH]c2c1. The number of aromatic amines is 1. The highest BCUT2D eigenvalue weighted by Gasteiger charge is 2.12. The first-order chi connectivity index (χ1) is 14.2. The number of carbonyl (C=O) groups is 1. The number of pyridine rings is 1. The fourth-order valence-electron chi connectivity index (χ4n) is 3.12. The molecule has 0 spiro atoms. The Balaban J connectivity index is 1.58. The highest BCUT2D eigenvalue weighted by atomic mass is 32.2. The summed E-state index contributed by atoms with van der Waals surface area (Å²) in [4.78, 5) is 18.8. The lowest BCUT2D eigenvalue weighted by molar-refractivity contribution is 0.0979. The van der Waals surface area contributed by atoms with E-state index in [0.29, 0.717) is 6.42 Å². The number of Topliss-reactive ketones (excluding diaryl/α,β-unsaturated/α-hetero) is 1. The zero-order valence-electron chi connectivity index (χ0n) is 16.1. The zero-order valence-corrected chi connectivity index (χ0v) is 16.9. The monoisotopic (exact) mass is 399 g/mol. The number of nitrogens with zero attached hydrogens (tertiary/aromatic N) is 2. The largest absolute Gasteiger partial charge is 0.294 e. The van der Waals surface area contributed by atoms with Gasteiger partial charge in [-0.2, -0.15) is 5.10 Å². The van der Waals surface area contributed by atoms with Crippen LogP contribution in [0, 0.1) is 0 Å². The Morgan fingerprint density at radius 2 is 1.93 bits per heavy atom. The number of carbonyl (C=O) groups excluding carboxylic acids is 1. The van der Waals surface area contributed by atoms with Gasteiger partial charge in [0.25, 0.3) is 0 Å². The first-order valence-electron chi connectivity index (χ1n) is 9.62. The van der Waals surface area contributed by atoms with Crippen LogP contribution in [0.25, 0.3) is 23.1 Å². The van der Waals surface area contributed by atoms with Gasteiger partial charge in [0.15, 0.2) is 5.78 Å². The van der Waals surface area contributed by atoms with Crippen LogP contribution in [0.2, 0.25) is 0 Å². The maximum absolute atomic E-state index is 12.4. The summed E-state index contributed by atoms with van der Waals surface area (Å²) in [5.41, 5.74) is 3.53. The van der Waals surface area contributed by atoms with Crippen molar-refractivity contribution in [3.8, 4) is 0 Å². The van der Waals surface area contributed by atoms with Crippen LogP contribution in [-0.4, -0.2) is 21.0 Å². The molecule has 0 aliphatic rings. The molecule has 0 aliphatic carbocycles. The normalized spacial score (nSPS) is 11.3. The van der Waals surface area contributed by atoms with Crippen molar-refractivity contribution < 1.29 is 4.79 Å². The minimum Gasteiger partial charge on any atom is -0.294 e. The van der Waals surface area contributed by atoms with Gasteiger partial charge >= 0.3 is 0 Å². The topological polar surface area (TPSA) is 58.6 Å². The van der Waals surface area contributed by atoms with Crippen LogP contribution in [0.15, 0.2) is 76.7 Å². The van der Waals surface area contributed by atoms with Crippen molar-refractivity contribution >= 4 is 40.6 Å². The fraction of sp³-hybridized carbons (Fsp3) is 0.125. The number of benzene rings is 2. The summed E-state index contributed by atoms with van der Waals surface area (Å²) >= 11 is 1.61. The first kappa shape index (κ1) is 19.2. The Hall–Kier alpha value is -3.18. The van der Waals surface area contributed by atoms with Crippen molar-refractivity contribution in [1.82, 2.24) is 15.2 Å². The molecule has 0 saturated carbocycles. The van der Waals surface area contributed by atoms with Gasteiger partial charge < -0.3 is 0 Å². The van der Waals surface area contributed by atoms with Crippen molar-refractivity contribution in [3.63, 3.8) is 0 Å². The van der Waals surface area contributed by atoms with E-state index in [0.717, 1.165) is 44.1 Å². The molecule has 0 bridgehead atoms. The van der Waals surface area contributed by atoms with Crippen LogP contribution in [0.1, 0.15) is 41.5 Å². The molecule has 29 heavy (non-hydrogen) atoms. The molecule has 5 heteroatoms. The Labute approximate surface area is 174 Å². The van der Waals surface area contributed by atoms with Crippen molar-refractivity contribution in [2.75, 3.05) is 0 Å². The third kappa shape index (κ3) is 4.46. The molecular formula is C24H21N3OS. The molecule has 0 saturated heterocycles. The average molecular weight is 400 g/mol. The molecule has 4 aromatic rings. The first-order valence-corrected chi connectivity index (χ1v) is 10.4. The summed E-state index contributed by atoms with van der Waals surface area (Å²) < 4.78 is 0. The molecular weight excluding hydrogens is 378 g/mol. The van der Waals surface area contributed by atoms with Crippen LogP contribution >= 0.6 is 11.8 Å². The van der Waals surface area contributed by atoms with E-state index in [1.165, 1.54) is 0 Å². The summed E-state index contributed by atoms with van der Waals surface area (Å²) in [6, 6.07) is 19.8. The lowest BCUT2D eigenvalue weighted by Crippen LogP contribution is -1.99. The smallest absolute Gasteiger partial charge is 0.164 e. The van der Waals surface area contributed by atoms with E-state index in [1.807, 2.05) is 61.5 Å². The Kier molecular flexibility index (Phi) is 5.86. The Morgan fingerprint density at radius 1 is 1.07 bits per heavy atom. The summed E-state index contributed by atoms with van der Waals surface area (Å²) in [7, 11) is 0. The predicted octanol–water partition coefficient (Wildman–Crippen LogP) is 6.26. The Bertz CT molecular complexity index is 1170. The van der Waals surface area contributed by atoms with Crippen LogP contribution in [0.4, 0.5) is 0 Å². The third-order valence-corrected chi connectivity index (χ3v) is 5.62. The minimum absolute atomic E-state index is 0.195. The van der Waals surface area contributed by atoms with E-state index >= 15 is 0 Å². The van der Waals surface area contributed by atoms with E-state index in [4.69, 9.17) is 0 Å². The number of hydrogen-bond acceptors (Lipinski definition) is 4. The van der Waals surface area contributed by atoms with Gasteiger partial charge in [-0.05, 0) is 55.0 Å². The fourth-order valence-corrected chi connectivity index (χ4v) is 4.13. The van der Waals surface area contributed by atoms with E-state index in [-0.39, 0.29) is 5.78 Å².